The SMILES string of the molecule is CCOc1ccc(Br)cc1/C=C(\C#N)C(=O)Nc1ccccc1OC. The number of carbonyl (C=O) groups is 1. The number of halogens is 1. The number of nitrogens with one attached hydrogen (secondary N) is 1. The molecule has 1 N–H and O–H groups in total. The lowest BCUT2D eigenvalue weighted by Crippen LogP contribution is -2.14. The Morgan fingerprint density at radius 1 is 1.28 bits per heavy atom. The molecule has 0 aliphatic carbocycles. The molecule has 5 nitrogen and oxygen atoms in total. The summed E-state index contributed by atoms with van der Waals surface area (Å²) in [4.78, 5) is 12.5. The van der Waals surface area contributed by atoms with Crippen molar-refractivity contribution in [3.8, 4) is 17.6 Å². The molecule has 0 spiro atoms. The zero-order chi connectivity index (χ0) is 18.2. The molecule has 6 heteroatoms. The summed E-state index contributed by atoms with van der Waals surface area (Å²) >= 11 is 3.38. The van der Waals surface area contributed by atoms with Gasteiger partial charge in [-0.15, -0.1) is 0 Å². The summed E-state index contributed by atoms with van der Waals surface area (Å²) in [6.45, 7) is 2.35. The summed E-state index contributed by atoms with van der Waals surface area (Å²) in [5.74, 6) is 0.601. The van der Waals surface area contributed by atoms with Crippen molar-refractivity contribution < 1.29 is 14.3 Å². The van der Waals surface area contributed by atoms with Crippen LogP contribution in [0, 0.1) is 11.3 Å². The molecule has 0 fully saturated rings. The van der Waals surface area contributed by atoms with Crippen LogP contribution in [0.1, 0.15) is 12.5 Å². The number of ether oxygens (including phenoxy) is 2. The second-order valence-corrected chi connectivity index (χ2v) is 5.86. The van der Waals surface area contributed by atoms with Gasteiger partial charge in [-0.25, -0.2) is 0 Å². The van der Waals surface area contributed by atoms with Crippen LogP contribution in [-0.4, -0.2) is 19.6 Å². The molecule has 25 heavy (non-hydrogen) atoms. The van der Waals surface area contributed by atoms with Gasteiger partial charge in [0.05, 0.1) is 19.4 Å². The standard InChI is InChI=1S/C19H17BrN2O3/c1-3-25-17-9-8-15(20)11-13(17)10-14(12-21)19(23)22-16-6-4-5-7-18(16)24-2/h4-11H,3H2,1-2H3,(H,22,23)/b14-10+. The second kappa shape index (κ2) is 8.90. The third kappa shape index (κ3) is 4.85. The maximum absolute atomic E-state index is 12.5. The lowest BCUT2D eigenvalue weighted by Gasteiger charge is -2.10. The summed E-state index contributed by atoms with van der Waals surface area (Å²) in [7, 11) is 1.52. The van der Waals surface area contributed by atoms with E-state index < -0.39 is 5.91 Å². The maximum Gasteiger partial charge on any atom is 0.266 e. The fraction of sp³-hybridized carbons (Fsp3) is 0.158. The van der Waals surface area contributed by atoms with E-state index in [2.05, 4.69) is 21.2 Å². The van der Waals surface area contributed by atoms with E-state index in [-0.39, 0.29) is 5.57 Å². The molecule has 2 aromatic carbocycles. The van der Waals surface area contributed by atoms with Crippen LogP contribution in [0.4, 0.5) is 5.69 Å². The normalized spacial score (nSPS) is 10.7. The summed E-state index contributed by atoms with van der Waals surface area (Å²) in [5.41, 5.74) is 1.10. The number of hydrogen-bond donors (Lipinski definition) is 1. The molecule has 128 valence electrons. The summed E-state index contributed by atoms with van der Waals surface area (Å²) in [6.07, 6.45) is 1.50. The Hall–Kier alpha value is -2.78. The first-order chi connectivity index (χ1) is 12.1. The van der Waals surface area contributed by atoms with Gasteiger partial charge in [0.15, 0.2) is 0 Å². The fourth-order valence-corrected chi connectivity index (χ4v) is 2.54. The van der Waals surface area contributed by atoms with Gasteiger partial charge >= 0.3 is 0 Å². The van der Waals surface area contributed by atoms with Gasteiger partial charge in [-0.05, 0) is 43.3 Å². The highest BCUT2D eigenvalue weighted by Crippen LogP contribution is 2.27. The highest BCUT2D eigenvalue weighted by atomic mass is 79.9. The predicted molar refractivity (Wildman–Crippen MR) is 101 cm³/mol. The minimum atomic E-state index is -0.519. The van der Waals surface area contributed by atoms with Gasteiger partial charge in [0.1, 0.15) is 23.1 Å². The lowest BCUT2D eigenvalue weighted by molar-refractivity contribution is -0.112. The minimum absolute atomic E-state index is 0.0371. The molecule has 0 radical (unpaired) electrons. The van der Waals surface area contributed by atoms with Crippen molar-refractivity contribution in [1.29, 1.82) is 5.26 Å². The van der Waals surface area contributed by atoms with Crippen molar-refractivity contribution >= 4 is 33.6 Å². The molecule has 2 rings (SSSR count). The Balaban J connectivity index is 2.33. The maximum atomic E-state index is 12.5. The quantitative estimate of drug-likeness (QED) is 0.575. The zero-order valence-corrected chi connectivity index (χ0v) is 15.5. The number of carbonyl (C=O) groups excluding carboxylic acids is 1. The minimum Gasteiger partial charge on any atom is -0.495 e. The van der Waals surface area contributed by atoms with Crippen LogP contribution in [0.15, 0.2) is 52.5 Å². The molecule has 0 unspecified atom stereocenters. The van der Waals surface area contributed by atoms with Crippen LogP contribution >= 0.6 is 15.9 Å². The van der Waals surface area contributed by atoms with Gasteiger partial charge in [-0.1, -0.05) is 28.1 Å². The van der Waals surface area contributed by atoms with Gasteiger partial charge in [-0.2, -0.15) is 5.26 Å². The smallest absolute Gasteiger partial charge is 0.266 e. The molecular weight excluding hydrogens is 384 g/mol. The summed E-state index contributed by atoms with van der Waals surface area (Å²) in [6, 6.07) is 14.3. The molecule has 2 aromatic rings. The third-order valence-electron chi connectivity index (χ3n) is 3.29. The number of methoxy groups -OCH3 is 1. The van der Waals surface area contributed by atoms with E-state index in [1.807, 2.05) is 19.1 Å². The first-order valence-corrected chi connectivity index (χ1v) is 8.36. The first-order valence-electron chi connectivity index (χ1n) is 7.57. The highest BCUT2D eigenvalue weighted by Gasteiger charge is 2.13. The van der Waals surface area contributed by atoms with E-state index >= 15 is 0 Å². The Morgan fingerprint density at radius 3 is 2.72 bits per heavy atom. The van der Waals surface area contributed by atoms with Crippen LogP contribution < -0.4 is 14.8 Å². The topological polar surface area (TPSA) is 71.3 Å². The van der Waals surface area contributed by atoms with Crippen molar-refractivity contribution in [3.63, 3.8) is 0 Å². The van der Waals surface area contributed by atoms with E-state index in [0.29, 0.717) is 29.4 Å². The number of para-hydroxylation sites is 2. The van der Waals surface area contributed by atoms with Crippen molar-refractivity contribution in [2.75, 3.05) is 19.0 Å². The van der Waals surface area contributed by atoms with Crippen molar-refractivity contribution in [2.24, 2.45) is 0 Å². The van der Waals surface area contributed by atoms with Crippen LogP contribution in [0.25, 0.3) is 6.08 Å². The Labute approximate surface area is 155 Å². The van der Waals surface area contributed by atoms with Crippen molar-refractivity contribution in [2.45, 2.75) is 6.92 Å². The van der Waals surface area contributed by atoms with Crippen molar-refractivity contribution in [3.05, 3.63) is 58.1 Å². The molecule has 1 amide bonds. The fourth-order valence-electron chi connectivity index (χ4n) is 2.16. The highest BCUT2D eigenvalue weighted by molar-refractivity contribution is 9.10. The van der Waals surface area contributed by atoms with Crippen LogP contribution in [-0.2, 0) is 4.79 Å². The monoisotopic (exact) mass is 400 g/mol. The average molecular weight is 401 g/mol. The van der Waals surface area contributed by atoms with Crippen molar-refractivity contribution in [1.82, 2.24) is 0 Å². The number of nitriles is 1. The Bertz CT molecular complexity index is 841. The van der Waals surface area contributed by atoms with Crippen LogP contribution in [0.2, 0.25) is 0 Å². The van der Waals surface area contributed by atoms with Gasteiger partial charge in [0, 0.05) is 10.0 Å². The third-order valence-corrected chi connectivity index (χ3v) is 3.79. The van der Waals surface area contributed by atoms with E-state index in [9.17, 15) is 10.1 Å². The molecule has 0 aliphatic rings. The first kappa shape index (κ1) is 18.6. The van der Waals surface area contributed by atoms with Gasteiger partial charge in [0.2, 0.25) is 0 Å². The van der Waals surface area contributed by atoms with Gasteiger partial charge < -0.3 is 14.8 Å². The molecule has 0 heterocycles. The average Bonchev–Trinajstić information content (AvgIpc) is 2.62. The number of anilines is 1. The summed E-state index contributed by atoms with van der Waals surface area (Å²) < 4.78 is 11.6. The molecule has 0 bridgehead atoms. The van der Waals surface area contributed by atoms with Crippen LogP contribution in [0.5, 0.6) is 11.5 Å². The number of rotatable bonds is 6. The molecule has 0 saturated heterocycles. The molecule has 0 atom stereocenters. The van der Waals surface area contributed by atoms with Gasteiger partial charge in [0.25, 0.3) is 5.91 Å². The second-order valence-electron chi connectivity index (χ2n) is 4.94. The number of nitrogens with zero attached hydrogens (tertiary/aromatic N) is 1. The van der Waals surface area contributed by atoms with Gasteiger partial charge in [-0.3, -0.25) is 4.79 Å². The molecular formula is C19H17BrN2O3. The van der Waals surface area contributed by atoms with E-state index in [1.54, 1.807) is 36.4 Å². The predicted octanol–water partition coefficient (Wildman–Crippen LogP) is 4.40. The number of amides is 1. The van der Waals surface area contributed by atoms with E-state index in [1.165, 1.54) is 13.2 Å². The molecule has 0 aliphatic heterocycles. The Morgan fingerprint density at radius 2 is 2.04 bits per heavy atom. The van der Waals surface area contributed by atoms with Crippen LogP contribution in [0.3, 0.4) is 0 Å². The number of hydrogen-bond acceptors (Lipinski definition) is 4. The summed E-state index contributed by atoms with van der Waals surface area (Å²) in [5, 5.41) is 12.1. The molecule has 0 aromatic heterocycles. The zero-order valence-electron chi connectivity index (χ0n) is 13.9. The number of benzene rings is 2. The van der Waals surface area contributed by atoms with E-state index in [0.717, 1.165) is 4.47 Å². The van der Waals surface area contributed by atoms with E-state index in [4.69, 9.17) is 9.47 Å². The largest absolute Gasteiger partial charge is 0.495 e. The lowest BCUT2D eigenvalue weighted by atomic mass is 10.1. The Kier molecular flexibility index (Phi) is 6.61. The molecule has 0 saturated carbocycles.